The number of benzene rings is 1. The lowest BCUT2D eigenvalue weighted by atomic mass is 10.3. The van der Waals surface area contributed by atoms with Crippen LogP contribution in [0.1, 0.15) is 18.6 Å². The summed E-state index contributed by atoms with van der Waals surface area (Å²) in [6.07, 6.45) is 0. The molecule has 110 valence electrons. The largest absolute Gasteiger partial charge is 0.408 e. The van der Waals surface area contributed by atoms with Gasteiger partial charge in [0.15, 0.2) is 4.80 Å². The van der Waals surface area contributed by atoms with Crippen LogP contribution in [0.25, 0.3) is 0 Å². The van der Waals surface area contributed by atoms with Crippen molar-refractivity contribution >= 4 is 52.1 Å². The fourth-order valence-electron chi connectivity index (χ4n) is 1.57. The lowest BCUT2D eigenvalue weighted by Crippen LogP contribution is -2.22. The van der Waals surface area contributed by atoms with Gasteiger partial charge in [0.2, 0.25) is 11.8 Å². The van der Waals surface area contributed by atoms with Gasteiger partial charge in [-0.15, -0.1) is 11.3 Å². The van der Waals surface area contributed by atoms with Crippen LogP contribution in [0.2, 0.25) is 10.0 Å². The fraction of sp³-hybridized carbons (Fsp3) is 0.154. The zero-order valence-corrected chi connectivity index (χ0v) is 13.4. The molecule has 0 bridgehead atoms. The quantitative estimate of drug-likeness (QED) is 0.780. The summed E-state index contributed by atoms with van der Waals surface area (Å²) in [6.45, 7) is 2.60. The summed E-state index contributed by atoms with van der Waals surface area (Å²) in [5.74, 6) is -0.726. The van der Waals surface area contributed by atoms with Crippen LogP contribution in [-0.2, 0) is 4.79 Å². The van der Waals surface area contributed by atoms with Gasteiger partial charge in [0, 0.05) is 13.8 Å². The molecule has 0 saturated heterocycles. The molecule has 0 N–H and O–H groups in total. The fourth-order valence-corrected chi connectivity index (χ4v) is 2.74. The van der Waals surface area contributed by atoms with Crippen molar-refractivity contribution in [3.05, 3.63) is 38.4 Å². The maximum atomic E-state index is 11.7. The van der Waals surface area contributed by atoms with Crippen molar-refractivity contribution in [2.75, 3.05) is 0 Å². The van der Waals surface area contributed by atoms with Crippen LogP contribution >= 0.6 is 34.5 Å². The summed E-state index contributed by atoms with van der Waals surface area (Å²) >= 11 is 13.1. The Bertz CT molecular complexity index is 780. The predicted molar refractivity (Wildman–Crippen MR) is 81.6 cm³/mol. The molecule has 0 aliphatic heterocycles. The number of carbonyl (C=O) groups is 2. The lowest BCUT2D eigenvalue weighted by Gasteiger charge is -2.04. The zero-order chi connectivity index (χ0) is 15.6. The van der Waals surface area contributed by atoms with Crippen LogP contribution in [0.15, 0.2) is 28.6 Å². The monoisotopic (exact) mass is 344 g/mol. The molecule has 0 saturated carbocycles. The van der Waals surface area contributed by atoms with Gasteiger partial charge in [0.1, 0.15) is 0 Å². The van der Waals surface area contributed by atoms with Gasteiger partial charge in [0.05, 0.1) is 21.1 Å². The van der Waals surface area contributed by atoms with E-state index in [0.29, 0.717) is 15.5 Å². The molecular formula is C13H10Cl2N2O3S. The molecule has 0 spiro atoms. The second kappa shape index (κ2) is 6.43. The van der Waals surface area contributed by atoms with Gasteiger partial charge in [-0.25, -0.2) is 9.56 Å². The maximum absolute atomic E-state index is 11.7. The van der Waals surface area contributed by atoms with E-state index in [1.54, 1.807) is 18.2 Å². The van der Waals surface area contributed by atoms with E-state index < -0.39 is 5.97 Å². The van der Waals surface area contributed by atoms with E-state index in [0.717, 1.165) is 11.3 Å². The molecular weight excluding hydrogens is 335 g/mol. The van der Waals surface area contributed by atoms with E-state index >= 15 is 0 Å². The Hall–Kier alpha value is -1.63. The summed E-state index contributed by atoms with van der Waals surface area (Å²) in [5.41, 5.74) is 0.426. The van der Waals surface area contributed by atoms with E-state index in [1.807, 2.05) is 0 Å². The third-order valence-corrected chi connectivity index (χ3v) is 4.00. The normalized spacial score (nSPS) is 11.5. The Morgan fingerprint density at radius 1 is 1.29 bits per heavy atom. The highest BCUT2D eigenvalue weighted by Crippen LogP contribution is 2.31. The van der Waals surface area contributed by atoms with Gasteiger partial charge in [-0.3, -0.25) is 9.59 Å². The lowest BCUT2D eigenvalue weighted by molar-refractivity contribution is -0.132. The molecule has 0 unspecified atom stereocenters. The van der Waals surface area contributed by atoms with Crippen LogP contribution in [0, 0.1) is 0 Å². The van der Waals surface area contributed by atoms with Gasteiger partial charge >= 0.3 is 5.97 Å². The highest BCUT2D eigenvalue weighted by Gasteiger charge is 2.13. The Kier molecular flexibility index (Phi) is 4.82. The smallest absolute Gasteiger partial charge is 0.309 e. The number of ether oxygens (including phenoxy) is 1. The first-order valence-electron chi connectivity index (χ1n) is 5.79. The maximum Gasteiger partial charge on any atom is 0.309 e. The molecule has 1 aromatic heterocycles. The Balaban J connectivity index is 2.61. The molecule has 2 aromatic rings. The van der Waals surface area contributed by atoms with Crippen molar-refractivity contribution in [2.24, 2.45) is 4.99 Å². The molecule has 0 aliphatic carbocycles. The number of halogens is 2. The molecule has 0 aliphatic rings. The van der Waals surface area contributed by atoms with Crippen molar-refractivity contribution in [1.29, 1.82) is 0 Å². The predicted octanol–water partition coefficient (Wildman–Crippen LogP) is 3.67. The Labute approximate surface area is 134 Å². The number of carbonyl (C=O) groups excluding carboxylic acids is 2. The van der Waals surface area contributed by atoms with Crippen LogP contribution in [0.5, 0.6) is 5.88 Å². The van der Waals surface area contributed by atoms with Gasteiger partial charge in [-0.2, -0.15) is 0 Å². The number of nitrogens with zero attached hydrogens (tertiary/aromatic N) is 2. The second-order valence-electron chi connectivity index (χ2n) is 3.99. The molecule has 0 fully saturated rings. The first kappa shape index (κ1) is 15.8. The van der Waals surface area contributed by atoms with Crippen molar-refractivity contribution in [2.45, 2.75) is 13.8 Å². The van der Waals surface area contributed by atoms with E-state index in [2.05, 4.69) is 4.99 Å². The molecule has 21 heavy (non-hydrogen) atoms. The van der Waals surface area contributed by atoms with Gasteiger partial charge in [0.25, 0.3) is 0 Å². The van der Waals surface area contributed by atoms with E-state index in [9.17, 15) is 9.59 Å². The Morgan fingerprint density at radius 3 is 2.62 bits per heavy atom. The van der Waals surface area contributed by atoms with Crippen molar-refractivity contribution in [1.82, 2.24) is 4.57 Å². The number of hydrogen-bond donors (Lipinski definition) is 0. The molecule has 0 radical (unpaired) electrons. The number of aromatic nitrogens is 1. The van der Waals surface area contributed by atoms with Gasteiger partial charge < -0.3 is 4.74 Å². The second-order valence-corrected chi connectivity index (χ2v) is 5.61. The average molecular weight is 345 g/mol. The topological polar surface area (TPSA) is 60.7 Å². The molecule has 8 heteroatoms. The minimum absolute atomic E-state index is 0.122. The van der Waals surface area contributed by atoms with Crippen LogP contribution in [-0.4, -0.2) is 16.4 Å². The summed E-state index contributed by atoms with van der Waals surface area (Å²) in [7, 11) is 0. The highest BCUT2D eigenvalue weighted by molar-refractivity contribution is 7.07. The zero-order valence-electron chi connectivity index (χ0n) is 11.1. The van der Waals surface area contributed by atoms with Crippen molar-refractivity contribution in [3.63, 3.8) is 0 Å². The molecule has 1 aromatic carbocycles. The van der Waals surface area contributed by atoms with Crippen molar-refractivity contribution in [3.8, 4) is 5.88 Å². The van der Waals surface area contributed by atoms with Crippen molar-refractivity contribution < 1.29 is 14.3 Å². The summed E-state index contributed by atoms with van der Waals surface area (Å²) in [4.78, 5) is 27.4. The van der Waals surface area contributed by atoms with E-state index in [4.69, 9.17) is 27.9 Å². The molecule has 0 amide bonds. The number of hydrogen-bond acceptors (Lipinski definition) is 5. The number of esters is 1. The first-order valence-corrected chi connectivity index (χ1v) is 7.42. The van der Waals surface area contributed by atoms with E-state index in [1.165, 1.54) is 23.8 Å². The van der Waals surface area contributed by atoms with Gasteiger partial charge in [-0.05, 0) is 12.1 Å². The standard InChI is InChI=1S/C13H10Cl2N2O3S/c1-7(18)17-11(20-8(2)19)6-21-13(17)16-10-5-3-4-9(14)12(10)15/h3-6H,1-2H3. The third-order valence-electron chi connectivity index (χ3n) is 2.39. The van der Waals surface area contributed by atoms with Gasteiger partial charge in [-0.1, -0.05) is 29.3 Å². The number of rotatable bonds is 2. The summed E-state index contributed by atoms with van der Waals surface area (Å²) in [5, 5.41) is 2.18. The summed E-state index contributed by atoms with van der Waals surface area (Å²) < 4.78 is 6.17. The molecule has 0 atom stereocenters. The van der Waals surface area contributed by atoms with Crippen LogP contribution in [0.4, 0.5) is 5.69 Å². The molecule has 2 rings (SSSR count). The average Bonchev–Trinajstić information content (AvgIpc) is 2.77. The molecule has 5 nitrogen and oxygen atoms in total. The SMILES string of the molecule is CC(=O)Oc1csc(=Nc2cccc(Cl)c2Cl)n1C(C)=O. The number of thiazole rings is 1. The molecule has 1 heterocycles. The highest BCUT2D eigenvalue weighted by atomic mass is 35.5. The third kappa shape index (κ3) is 3.53. The van der Waals surface area contributed by atoms with E-state index in [-0.39, 0.29) is 16.8 Å². The van der Waals surface area contributed by atoms with Crippen LogP contribution < -0.4 is 9.54 Å². The van der Waals surface area contributed by atoms with Crippen LogP contribution in [0.3, 0.4) is 0 Å². The minimum atomic E-state index is -0.518. The summed E-state index contributed by atoms with van der Waals surface area (Å²) in [6, 6.07) is 5.01. The minimum Gasteiger partial charge on any atom is -0.408 e. The first-order chi connectivity index (χ1) is 9.90. The Morgan fingerprint density at radius 2 is 2.00 bits per heavy atom.